The fourth-order valence-electron chi connectivity index (χ4n) is 2.43. The fraction of sp³-hybridized carbons (Fsp3) is 0.462. The zero-order valence-electron chi connectivity index (χ0n) is 11.0. The first-order chi connectivity index (χ1) is 9.74. The first kappa shape index (κ1) is 13.3. The molecule has 0 radical (unpaired) electrons. The molecule has 1 atom stereocenters. The van der Waals surface area contributed by atoms with Gasteiger partial charge in [-0.15, -0.1) is 5.10 Å². The van der Waals surface area contributed by atoms with Crippen LogP contribution in [0, 0.1) is 5.92 Å². The van der Waals surface area contributed by atoms with Gasteiger partial charge in [-0.2, -0.15) is 0 Å². The van der Waals surface area contributed by atoms with E-state index < -0.39 is 0 Å². The molecule has 1 saturated heterocycles. The number of nitrogens with two attached hydrogens (primary N) is 1. The van der Waals surface area contributed by atoms with E-state index in [1.807, 2.05) is 0 Å². The maximum atomic E-state index is 6.21. The maximum Gasteiger partial charge on any atom is 0.183 e. The van der Waals surface area contributed by atoms with E-state index in [2.05, 4.69) is 15.5 Å². The lowest BCUT2D eigenvalue weighted by Crippen LogP contribution is -2.23. The minimum absolute atomic E-state index is 0.436. The van der Waals surface area contributed by atoms with Crippen LogP contribution in [0.5, 0.6) is 0 Å². The number of hydrogen-bond acceptors (Lipinski definition) is 5. The molecule has 0 amide bonds. The van der Waals surface area contributed by atoms with Crippen LogP contribution in [-0.2, 0) is 11.3 Å². The summed E-state index contributed by atoms with van der Waals surface area (Å²) in [7, 11) is 0. The van der Waals surface area contributed by atoms with Crippen molar-refractivity contribution in [2.45, 2.75) is 19.4 Å². The molecule has 106 valence electrons. The lowest BCUT2D eigenvalue weighted by molar-refractivity contribution is 0.0470. The van der Waals surface area contributed by atoms with Crippen molar-refractivity contribution in [3.63, 3.8) is 0 Å². The van der Waals surface area contributed by atoms with Crippen molar-refractivity contribution in [3.8, 4) is 11.4 Å². The molecule has 20 heavy (non-hydrogen) atoms. The van der Waals surface area contributed by atoms with E-state index in [1.54, 1.807) is 22.9 Å². The predicted molar refractivity (Wildman–Crippen MR) is 76.2 cm³/mol. The number of nitrogens with zero attached hydrogens (tertiary/aromatic N) is 4. The third-order valence-electron chi connectivity index (χ3n) is 3.45. The number of rotatable bonds is 3. The van der Waals surface area contributed by atoms with E-state index in [1.165, 1.54) is 0 Å². The highest BCUT2D eigenvalue weighted by molar-refractivity contribution is 6.33. The normalized spacial score (nSPS) is 19.1. The summed E-state index contributed by atoms with van der Waals surface area (Å²) < 4.78 is 7.27. The van der Waals surface area contributed by atoms with Crippen LogP contribution in [0.1, 0.15) is 12.8 Å². The Morgan fingerprint density at radius 2 is 2.35 bits per heavy atom. The minimum atomic E-state index is 0.436. The second-order valence-corrected chi connectivity index (χ2v) is 5.41. The molecule has 1 aliphatic rings. The number of nitrogen functional groups attached to an aromatic ring is 1. The van der Waals surface area contributed by atoms with Gasteiger partial charge in [0, 0.05) is 23.8 Å². The molecule has 2 heterocycles. The van der Waals surface area contributed by atoms with Gasteiger partial charge in [0.15, 0.2) is 5.82 Å². The molecule has 1 aromatic carbocycles. The average Bonchev–Trinajstić information content (AvgIpc) is 2.91. The number of benzene rings is 1. The van der Waals surface area contributed by atoms with Crippen molar-refractivity contribution in [1.82, 2.24) is 20.2 Å². The molecular formula is C13H16ClN5O. The Morgan fingerprint density at radius 1 is 1.45 bits per heavy atom. The number of hydrogen-bond donors (Lipinski definition) is 1. The molecule has 0 aliphatic carbocycles. The van der Waals surface area contributed by atoms with Crippen LogP contribution >= 0.6 is 11.6 Å². The first-order valence-corrected chi connectivity index (χ1v) is 7.01. The second-order valence-electron chi connectivity index (χ2n) is 5.01. The Labute approximate surface area is 121 Å². The largest absolute Gasteiger partial charge is 0.399 e. The summed E-state index contributed by atoms with van der Waals surface area (Å²) in [6, 6.07) is 5.31. The monoisotopic (exact) mass is 293 g/mol. The van der Waals surface area contributed by atoms with Crippen molar-refractivity contribution < 1.29 is 4.74 Å². The average molecular weight is 294 g/mol. The third-order valence-corrected chi connectivity index (χ3v) is 3.78. The molecule has 1 aromatic heterocycles. The molecule has 0 saturated carbocycles. The zero-order valence-corrected chi connectivity index (χ0v) is 11.8. The Hall–Kier alpha value is -1.66. The summed E-state index contributed by atoms with van der Waals surface area (Å²) in [4.78, 5) is 0. The van der Waals surface area contributed by atoms with E-state index in [-0.39, 0.29) is 0 Å². The molecule has 2 aromatic rings. The highest BCUT2D eigenvalue weighted by Crippen LogP contribution is 2.28. The summed E-state index contributed by atoms with van der Waals surface area (Å²) in [6.45, 7) is 2.33. The van der Waals surface area contributed by atoms with E-state index >= 15 is 0 Å². The van der Waals surface area contributed by atoms with Crippen molar-refractivity contribution in [2.75, 3.05) is 18.9 Å². The lowest BCUT2D eigenvalue weighted by atomic mass is 10.0. The molecule has 0 bridgehead atoms. The van der Waals surface area contributed by atoms with Crippen LogP contribution in [0.15, 0.2) is 18.2 Å². The van der Waals surface area contributed by atoms with Crippen LogP contribution in [0.3, 0.4) is 0 Å². The molecule has 1 fully saturated rings. The van der Waals surface area contributed by atoms with Crippen LogP contribution in [0.4, 0.5) is 5.69 Å². The lowest BCUT2D eigenvalue weighted by Gasteiger charge is -2.22. The predicted octanol–water partition coefficient (Wildman–Crippen LogP) is 2.00. The Kier molecular flexibility index (Phi) is 3.84. The summed E-state index contributed by atoms with van der Waals surface area (Å²) in [5, 5.41) is 12.5. The molecule has 6 nitrogen and oxygen atoms in total. The molecule has 2 N–H and O–H groups in total. The second kappa shape index (κ2) is 5.76. The van der Waals surface area contributed by atoms with Crippen LogP contribution < -0.4 is 5.73 Å². The van der Waals surface area contributed by atoms with Crippen molar-refractivity contribution in [3.05, 3.63) is 23.2 Å². The summed E-state index contributed by atoms with van der Waals surface area (Å²) in [5.41, 5.74) is 7.21. The number of ether oxygens (including phenoxy) is 1. The summed E-state index contributed by atoms with van der Waals surface area (Å²) >= 11 is 6.21. The SMILES string of the molecule is Nc1ccc(Cl)c(-c2nnnn2CC2CCCOC2)c1. The van der Waals surface area contributed by atoms with Gasteiger partial charge in [0.05, 0.1) is 18.2 Å². The van der Waals surface area contributed by atoms with Crippen LogP contribution in [-0.4, -0.2) is 33.4 Å². The quantitative estimate of drug-likeness (QED) is 0.876. The molecule has 1 aliphatic heterocycles. The molecular weight excluding hydrogens is 278 g/mol. The number of aromatic nitrogens is 4. The van der Waals surface area contributed by atoms with Gasteiger partial charge < -0.3 is 10.5 Å². The van der Waals surface area contributed by atoms with Gasteiger partial charge in [-0.05, 0) is 41.5 Å². The highest BCUT2D eigenvalue weighted by Gasteiger charge is 2.19. The molecule has 0 spiro atoms. The number of anilines is 1. The van der Waals surface area contributed by atoms with Gasteiger partial charge >= 0.3 is 0 Å². The van der Waals surface area contributed by atoms with Crippen LogP contribution in [0.25, 0.3) is 11.4 Å². The summed E-state index contributed by atoms with van der Waals surface area (Å²) in [6.07, 6.45) is 2.21. The molecule has 7 heteroatoms. The van der Waals surface area contributed by atoms with Gasteiger partial charge in [-0.25, -0.2) is 4.68 Å². The van der Waals surface area contributed by atoms with Crippen LogP contribution in [0.2, 0.25) is 5.02 Å². The zero-order chi connectivity index (χ0) is 13.9. The molecule has 3 rings (SSSR count). The van der Waals surface area contributed by atoms with Gasteiger partial charge in [0.25, 0.3) is 0 Å². The Bertz CT molecular complexity index is 594. The van der Waals surface area contributed by atoms with Gasteiger partial charge in [-0.3, -0.25) is 0 Å². The Balaban J connectivity index is 1.87. The van der Waals surface area contributed by atoms with Crippen molar-refractivity contribution in [2.24, 2.45) is 5.92 Å². The Morgan fingerprint density at radius 3 is 3.15 bits per heavy atom. The smallest absolute Gasteiger partial charge is 0.183 e. The van der Waals surface area contributed by atoms with Gasteiger partial charge in [0.2, 0.25) is 0 Å². The molecule has 1 unspecified atom stereocenters. The topological polar surface area (TPSA) is 78.9 Å². The van der Waals surface area contributed by atoms with E-state index in [9.17, 15) is 0 Å². The van der Waals surface area contributed by atoms with Crippen molar-refractivity contribution >= 4 is 17.3 Å². The van der Waals surface area contributed by atoms with E-state index in [4.69, 9.17) is 22.1 Å². The highest BCUT2D eigenvalue weighted by atomic mass is 35.5. The van der Waals surface area contributed by atoms with E-state index in [0.29, 0.717) is 22.5 Å². The number of tetrazole rings is 1. The summed E-state index contributed by atoms with van der Waals surface area (Å²) in [5.74, 6) is 1.08. The number of halogens is 1. The van der Waals surface area contributed by atoms with Gasteiger partial charge in [0.1, 0.15) is 0 Å². The minimum Gasteiger partial charge on any atom is -0.399 e. The standard InChI is InChI=1S/C13H16ClN5O/c14-12-4-3-10(15)6-11(12)13-16-17-18-19(13)7-9-2-1-5-20-8-9/h3-4,6,9H,1-2,5,7-8,15H2. The van der Waals surface area contributed by atoms with Crippen molar-refractivity contribution in [1.29, 1.82) is 0 Å². The van der Waals surface area contributed by atoms with E-state index in [0.717, 1.165) is 38.2 Å². The van der Waals surface area contributed by atoms with Gasteiger partial charge in [-0.1, -0.05) is 11.6 Å². The third kappa shape index (κ3) is 2.76. The maximum absolute atomic E-state index is 6.21. The fourth-order valence-corrected chi connectivity index (χ4v) is 2.63. The first-order valence-electron chi connectivity index (χ1n) is 6.63.